The maximum absolute atomic E-state index is 13.6. The molecule has 7 rings (SSSR count). The topological polar surface area (TPSA) is 86.4 Å². The summed E-state index contributed by atoms with van der Waals surface area (Å²) in [5.74, 6) is -2.93. The van der Waals surface area contributed by atoms with E-state index in [9.17, 15) is 13.2 Å². The highest BCUT2D eigenvalue weighted by atomic mass is 19.3. The second-order valence-electron chi connectivity index (χ2n) is 9.90. The van der Waals surface area contributed by atoms with Gasteiger partial charge in [-0.3, -0.25) is 25.0 Å². The van der Waals surface area contributed by atoms with Crippen LogP contribution in [0.15, 0.2) is 73.3 Å². The molecule has 0 aliphatic carbocycles. The number of rotatable bonds is 5. The van der Waals surface area contributed by atoms with Crippen molar-refractivity contribution in [3.8, 4) is 33.9 Å². The van der Waals surface area contributed by atoms with Gasteiger partial charge in [0.15, 0.2) is 0 Å². The summed E-state index contributed by atoms with van der Waals surface area (Å²) in [7, 11) is 0. The largest absolute Gasteiger partial charge is 0.353 e. The number of nitrogens with zero attached hydrogens (tertiary/aromatic N) is 5. The van der Waals surface area contributed by atoms with Gasteiger partial charge in [-0.2, -0.15) is 5.10 Å². The van der Waals surface area contributed by atoms with Crippen molar-refractivity contribution in [1.29, 1.82) is 0 Å². The molecule has 0 bridgehead atoms. The first-order chi connectivity index (χ1) is 18.9. The summed E-state index contributed by atoms with van der Waals surface area (Å²) >= 11 is 0. The Balaban J connectivity index is 1.24. The minimum absolute atomic E-state index is 0.114. The number of hydrogen-bond donors (Lipinski definition) is 2. The number of halogens is 3. The first-order valence-electron chi connectivity index (χ1n) is 12.5. The maximum Gasteiger partial charge on any atom is 0.261 e. The van der Waals surface area contributed by atoms with Crippen LogP contribution in [0.1, 0.15) is 12.0 Å². The highest BCUT2D eigenvalue weighted by molar-refractivity contribution is 6.00. The third-order valence-corrected chi connectivity index (χ3v) is 7.11. The molecular formula is C29H22F3N7. The molecule has 39 heavy (non-hydrogen) atoms. The van der Waals surface area contributed by atoms with Gasteiger partial charge in [0.05, 0.1) is 35.3 Å². The van der Waals surface area contributed by atoms with E-state index in [-0.39, 0.29) is 18.8 Å². The molecule has 5 aromatic heterocycles. The summed E-state index contributed by atoms with van der Waals surface area (Å²) in [5.41, 5.74) is 7.09. The zero-order chi connectivity index (χ0) is 26.6. The Kier molecular flexibility index (Phi) is 5.44. The summed E-state index contributed by atoms with van der Waals surface area (Å²) < 4.78 is 40.7. The van der Waals surface area contributed by atoms with E-state index in [1.54, 1.807) is 41.8 Å². The van der Waals surface area contributed by atoms with E-state index in [0.29, 0.717) is 18.8 Å². The highest BCUT2D eigenvalue weighted by Gasteiger charge is 2.37. The Bertz CT molecular complexity index is 1820. The molecule has 1 aliphatic rings. The van der Waals surface area contributed by atoms with Crippen LogP contribution in [0.4, 0.5) is 13.2 Å². The lowest BCUT2D eigenvalue weighted by Crippen LogP contribution is -2.24. The zero-order valence-electron chi connectivity index (χ0n) is 20.6. The van der Waals surface area contributed by atoms with Crippen molar-refractivity contribution < 1.29 is 13.2 Å². The fourth-order valence-corrected chi connectivity index (χ4v) is 5.21. The fraction of sp³-hybridized carbons (Fsp3) is 0.172. The normalized spacial score (nSPS) is 15.5. The predicted molar refractivity (Wildman–Crippen MR) is 142 cm³/mol. The minimum Gasteiger partial charge on any atom is -0.353 e. The standard InChI is InChI=1S/C29H22F3N7/c30-20-3-1-18(2-4-20)27-21-11-25(36-23(21)5-7-34-27)28-22-10-24(35-14-26(22)37-38-28)19-9-17(12-33-13-19)15-39-8-6-29(31,32)16-39/h1-5,7,9-14,36H,6,8,15-16H2,(H,37,38). The van der Waals surface area contributed by atoms with Crippen LogP contribution in [-0.2, 0) is 6.54 Å². The Morgan fingerprint density at radius 2 is 1.72 bits per heavy atom. The number of nitrogens with one attached hydrogen (secondary N) is 2. The van der Waals surface area contributed by atoms with E-state index >= 15 is 0 Å². The highest BCUT2D eigenvalue weighted by Crippen LogP contribution is 2.34. The van der Waals surface area contributed by atoms with Crippen molar-refractivity contribution in [2.24, 2.45) is 0 Å². The Hall–Kier alpha value is -4.57. The SMILES string of the molecule is Fc1ccc(-c2nccc3[nH]c(-c4n[nH]c5cnc(-c6cncc(CN7CCC(F)(F)C7)c6)cc45)cc23)cc1. The molecule has 1 saturated heterocycles. The molecule has 7 nitrogen and oxygen atoms in total. The van der Waals surface area contributed by atoms with Gasteiger partial charge < -0.3 is 4.98 Å². The van der Waals surface area contributed by atoms with Crippen LogP contribution < -0.4 is 0 Å². The molecule has 0 unspecified atom stereocenters. The molecule has 194 valence electrons. The first-order valence-corrected chi connectivity index (χ1v) is 12.5. The quantitative estimate of drug-likeness (QED) is 0.280. The van der Waals surface area contributed by atoms with Crippen molar-refractivity contribution in [3.63, 3.8) is 0 Å². The second-order valence-corrected chi connectivity index (χ2v) is 9.90. The molecule has 0 amide bonds. The lowest BCUT2D eigenvalue weighted by molar-refractivity contribution is 0.0115. The molecule has 1 aliphatic heterocycles. The van der Waals surface area contributed by atoms with Gasteiger partial charge in [-0.25, -0.2) is 13.2 Å². The number of H-pyrrole nitrogens is 2. The molecule has 0 atom stereocenters. The summed E-state index contributed by atoms with van der Waals surface area (Å²) in [4.78, 5) is 18.6. The van der Waals surface area contributed by atoms with E-state index in [1.165, 1.54) is 12.1 Å². The molecule has 2 N–H and O–H groups in total. The van der Waals surface area contributed by atoms with E-state index in [2.05, 4.69) is 30.1 Å². The van der Waals surface area contributed by atoms with Crippen molar-refractivity contribution in [3.05, 3.63) is 84.7 Å². The number of aromatic amines is 2. The summed E-state index contributed by atoms with van der Waals surface area (Å²) in [6.45, 7) is 0.542. The smallest absolute Gasteiger partial charge is 0.261 e. The number of benzene rings is 1. The number of likely N-dealkylation sites (tertiary alicyclic amines) is 1. The molecule has 0 saturated carbocycles. The minimum atomic E-state index is -2.63. The van der Waals surface area contributed by atoms with E-state index < -0.39 is 5.92 Å². The van der Waals surface area contributed by atoms with Gasteiger partial charge in [-0.15, -0.1) is 0 Å². The van der Waals surface area contributed by atoms with Gasteiger partial charge in [-0.1, -0.05) is 0 Å². The predicted octanol–water partition coefficient (Wildman–Crippen LogP) is 6.21. The Morgan fingerprint density at radius 1 is 0.872 bits per heavy atom. The summed E-state index contributed by atoms with van der Waals surface area (Å²) in [6, 6.07) is 14.0. The first kappa shape index (κ1) is 23.5. The molecule has 1 aromatic carbocycles. The third-order valence-electron chi connectivity index (χ3n) is 7.11. The van der Waals surface area contributed by atoms with Gasteiger partial charge >= 0.3 is 0 Å². The average molecular weight is 526 g/mol. The zero-order valence-corrected chi connectivity index (χ0v) is 20.6. The molecule has 1 fully saturated rings. The number of alkyl halides is 2. The van der Waals surface area contributed by atoms with Crippen LogP contribution >= 0.6 is 0 Å². The van der Waals surface area contributed by atoms with Crippen molar-refractivity contribution >= 4 is 21.8 Å². The van der Waals surface area contributed by atoms with Crippen molar-refractivity contribution in [2.75, 3.05) is 13.1 Å². The molecule has 6 heterocycles. The van der Waals surface area contributed by atoms with Crippen molar-refractivity contribution in [1.82, 2.24) is 35.0 Å². The molecule has 0 radical (unpaired) electrons. The maximum atomic E-state index is 13.6. The molecule has 6 aromatic rings. The lowest BCUT2D eigenvalue weighted by Gasteiger charge is -2.15. The molecule has 0 spiro atoms. The van der Waals surface area contributed by atoms with Crippen molar-refractivity contribution in [2.45, 2.75) is 18.9 Å². The monoisotopic (exact) mass is 525 g/mol. The van der Waals surface area contributed by atoms with Crippen LogP contribution in [-0.4, -0.2) is 54.0 Å². The van der Waals surface area contributed by atoms with Crippen LogP contribution in [0, 0.1) is 5.82 Å². The van der Waals surface area contributed by atoms with E-state index in [0.717, 1.165) is 55.6 Å². The lowest BCUT2D eigenvalue weighted by atomic mass is 10.1. The fourth-order valence-electron chi connectivity index (χ4n) is 5.21. The summed E-state index contributed by atoms with van der Waals surface area (Å²) in [6.07, 6.45) is 6.76. The second kappa shape index (κ2) is 9.02. The van der Waals surface area contributed by atoms with E-state index in [1.807, 2.05) is 24.3 Å². The Morgan fingerprint density at radius 3 is 2.54 bits per heavy atom. The molecular weight excluding hydrogens is 503 g/mol. The van der Waals surface area contributed by atoms with Gasteiger partial charge in [0.25, 0.3) is 5.92 Å². The Labute approximate surface area is 220 Å². The number of hydrogen-bond acceptors (Lipinski definition) is 5. The number of aromatic nitrogens is 6. The van der Waals surface area contributed by atoms with Crippen LogP contribution in [0.2, 0.25) is 0 Å². The van der Waals surface area contributed by atoms with Crippen LogP contribution in [0.5, 0.6) is 0 Å². The average Bonchev–Trinajstić information content (AvgIpc) is 3.64. The van der Waals surface area contributed by atoms with Crippen LogP contribution in [0.25, 0.3) is 55.7 Å². The van der Waals surface area contributed by atoms with Gasteiger partial charge in [0.1, 0.15) is 11.5 Å². The van der Waals surface area contributed by atoms with Gasteiger partial charge in [0, 0.05) is 65.5 Å². The summed E-state index contributed by atoms with van der Waals surface area (Å²) in [5, 5.41) is 9.36. The third kappa shape index (κ3) is 4.42. The van der Waals surface area contributed by atoms with Gasteiger partial charge in [-0.05, 0) is 54.1 Å². The van der Waals surface area contributed by atoms with Crippen LogP contribution in [0.3, 0.4) is 0 Å². The number of pyridine rings is 3. The van der Waals surface area contributed by atoms with E-state index in [4.69, 9.17) is 0 Å². The molecule has 10 heteroatoms. The number of fused-ring (bicyclic) bond motifs is 2. The van der Waals surface area contributed by atoms with Gasteiger partial charge in [0.2, 0.25) is 0 Å².